The van der Waals surface area contributed by atoms with E-state index in [9.17, 15) is 4.39 Å². The van der Waals surface area contributed by atoms with Crippen LogP contribution in [0, 0.1) is 5.82 Å². The molecular weight excluding hydrogens is 365 g/mol. The quantitative estimate of drug-likeness (QED) is 0.806. The van der Waals surface area contributed by atoms with Crippen LogP contribution in [0.5, 0.6) is 0 Å². The molecule has 0 saturated heterocycles. The summed E-state index contributed by atoms with van der Waals surface area (Å²) in [7, 11) is 0. The molecule has 0 atom stereocenters. The molecule has 0 saturated carbocycles. The van der Waals surface area contributed by atoms with E-state index in [1.807, 2.05) is 6.92 Å². The maximum Gasteiger partial charge on any atom is 0.139 e. The molecule has 1 aromatic heterocycles. The average Bonchev–Trinajstić information content (AvgIpc) is 2.33. The maximum absolute atomic E-state index is 13.4. The maximum atomic E-state index is 13.4. The molecule has 94 valence electrons. The molecule has 0 unspecified atom stereocenters. The minimum Gasteiger partial charge on any atom is -0.340 e. The van der Waals surface area contributed by atoms with Gasteiger partial charge < -0.3 is 5.32 Å². The van der Waals surface area contributed by atoms with Crippen LogP contribution in [0.2, 0.25) is 0 Å². The van der Waals surface area contributed by atoms with Crippen molar-refractivity contribution in [2.24, 2.45) is 0 Å². The monoisotopic (exact) mass is 373 g/mol. The number of aromatic nitrogens is 2. The second-order valence-corrected chi connectivity index (χ2v) is 5.27. The van der Waals surface area contributed by atoms with E-state index in [2.05, 4.69) is 47.1 Å². The van der Waals surface area contributed by atoms with E-state index in [0.29, 0.717) is 20.6 Å². The van der Waals surface area contributed by atoms with Gasteiger partial charge in [-0.25, -0.2) is 14.4 Å². The fraction of sp³-hybridized carbons (Fsp3) is 0.167. The van der Waals surface area contributed by atoms with Gasteiger partial charge in [-0.3, -0.25) is 0 Å². The second-order valence-electron chi connectivity index (χ2n) is 3.60. The van der Waals surface area contributed by atoms with Crippen LogP contribution in [0.1, 0.15) is 12.7 Å². The number of benzene rings is 1. The molecule has 0 amide bonds. The van der Waals surface area contributed by atoms with Gasteiger partial charge in [0.15, 0.2) is 0 Å². The third kappa shape index (κ3) is 3.26. The summed E-state index contributed by atoms with van der Waals surface area (Å²) in [6.45, 7) is 1.98. The number of nitrogens with one attached hydrogen (secondary N) is 1. The highest BCUT2D eigenvalue weighted by Gasteiger charge is 2.04. The summed E-state index contributed by atoms with van der Waals surface area (Å²) in [5, 5.41) is 3.05. The Morgan fingerprint density at radius 3 is 2.67 bits per heavy atom. The van der Waals surface area contributed by atoms with Crippen LogP contribution in [0.4, 0.5) is 15.9 Å². The topological polar surface area (TPSA) is 37.8 Å². The highest BCUT2D eigenvalue weighted by atomic mass is 79.9. The lowest BCUT2D eigenvalue weighted by Crippen LogP contribution is -2.00. The second kappa shape index (κ2) is 5.75. The lowest BCUT2D eigenvalue weighted by molar-refractivity contribution is 0.622. The lowest BCUT2D eigenvalue weighted by Gasteiger charge is -2.08. The van der Waals surface area contributed by atoms with Crippen LogP contribution in [-0.4, -0.2) is 9.97 Å². The van der Waals surface area contributed by atoms with E-state index in [-0.39, 0.29) is 5.82 Å². The number of rotatable bonds is 3. The Labute approximate surface area is 121 Å². The first-order chi connectivity index (χ1) is 8.58. The van der Waals surface area contributed by atoms with Gasteiger partial charge in [0.25, 0.3) is 0 Å². The number of nitrogens with zero attached hydrogens (tertiary/aromatic N) is 2. The molecule has 0 aliphatic carbocycles. The van der Waals surface area contributed by atoms with Gasteiger partial charge in [-0.05, 0) is 50.1 Å². The molecule has 0 spiro atoms. The predicted octanol–water partition coefficient (Wildman–Crippen LogP) is 4.45. The Kier molecular flexibility index (Phi) is 4.29. The third-order valence-corrected chi connectivity index (χ3v) is 3.30. The molecule has 2 aromatic rings. The highest BCUT2D eigenvalue weighted by molar-refractivity contribution is 9.10. The van der Waals surface area contributed by atoms with Crippen molar-refractivity contribution in [3.05, 3.63) is 45.0 Å². The van der Waals surface area contributed by atoms with Gasteiger partial charge >= 0.3 is 0 Å². The summed E-state index contributed by atoms with van der Waals surface area (Å²) < 4.78 is 14.5. The molecular formula is C12H10Br2FN3. The van der Waals surface area contributed by atoms with Gasteiger partial charge in [-0.15, -0.1) is 0 Å². The van der Waals surface area contributed by atoms with E-state index in [4.69, 9.17) is 0 Å². The first-order valence-corrected chi connectivity index (χ1v) is 6.92. The molecule has 18 heavy (non-hydrogen) atoms. The average molecular weight is 375 g/mol. The third-order valence-electron chi connectivity index (χ3n) is 2.25. The van der Waals surface area contributed by atoms with Gasteiger partial charge in [0.2, 0.25) is 0 Å². The number of hydrogen-bond acceptors (Lipinski definition) is 3. The van der Waals surface area contributed by atoms with Crippen molar-refractivity contribution >= 4 is 43.4 Å². The van der Waals surface area contributed by atoms with Gasteiger partial charge in [0.05, 0.1) is 4.47 Å². The van der Waals surface area contributed by atoms with Gasteiger partial charge in [0, 0.05) is 18.2 Å². The highest BCUT2D eigenvalue weighted by Crippen LogP contribution is 2.22. The van der Waals surface area contributed by atoms with Crippen LogP contribution in [0.3, 0.4) is 0 Å². The molecule has 0 aliphatic heterocycles. The minimum absolute atomic E-state index is 0.316. The van der Waals surface area contributed by atoms with Gasteiger partial charge in [-0.2, -0.15) is 0 Å². The van der Waals surface area contributed by atoms with Crippen LogP contribution < -0.4 is 5.32 Å². The Bertz CT molecular complexity index is 575. The number of anilines is 2. The Morgan fingerprint density at radius 1 is 1.22 bits per heavy atom. The molecule has 0 fully saturated rings. The fourth-order valence-corrected chi connectivity index (χ4v) is 2.08. The summed E-state index contributed by atoms with van der Waals surface area (Å²) in [4.78, 5) is 8.52. The largest absolute Gasteiger partial charge is 0.340 e. The summed E-state index contributed by atoms with van der Waals surface area (Å²) in [6, 6.07) is 6.58. The zero-order valence-corrected chi connectivity index (χ0v) is 12.7. The first-order valence-electron chi connectivity index (χ1n) is 5.34. The summed E-state index contributed by atoms with van der Waals surface area (Å²) in [6.07, 6.45) is 0.739. The van der Waals surface area contributed by atoms with Gasteiger partial charge in [0.1, 0.15) is 22.1 Å². The van der Waals surface area contributed by atoms with E-state index in [1.54, 1.807) is 18.2 Å². The Balaban J connectivity index is 2.27. The first kappa shape index (κ1) is 13.4. The van der Waals surface area contributed by atoms with Crippen molar-refractivity contribution in [1.29, 1.82) is 0 Å². The number of hydrogen-bond donors (Lipinski definition) is 1. The SMILES string of the molecule is CCc1nc(Br)cc(Nc2ccc(Br)c(F)c2)n1. The molecule has 0 radical (unpaired) electrons. The van der Waals surface area contributed by atoms with Crippen molar-refractivity contribution in [1.82, 2.24) is 9.97 Å². The zero-order chi connectivity index (χ0) is 13.1. The Morgan fingerprint density at radius 2 is 2.00 bits per heavy atom. The molecule has 0 bridgehead atoms. The summed E-state index contributed by atoms with van der Waals surface area (Å²) in [5.41, 5.74) is 0.642. The fourth-order valence-electron chi connectivity index (χ4n) is 1.41. The van der Waals surface area contributed by atoms with Crippen molar-refractivity contribution in [3.63, 3.8) is 0 Å². The lowest BCUT2D eigenvalue weighted by atomic mass is 10.3. The standard InChI is InChI=1S/C12H10Br2FN3/c1-2-11-17-10(14)6-12(18-11)16-7-3-4-8(13)9(15)5-7/h3-6H,2H2,1H3,(H,16,17,18). The zero-order valence-electron chi connectivity index (χ0n) is 9.54. The minimum atomic E-state index is -0.316. The van der Waals surface area contributed by atoms with Crippen LogP contribution >= 0.6 is 31.9 Å². The van der Waals surface area contributed by atoms with Crippen LogP contribution in [0.15, 0.2) is 33.3 Å². The van der Waals surface area contributed by atoms with Crippen LogP contribution in [-0.2, 0) is 6.42 Å². The molecule has 3 nitrogen and oxygen atoms in total. The number of aryl methyl sites for hydroxylation is 1. The van der Waals surface area contributed by atoms with Crippen molar-refractivity contribution < 1.29 is 4.39 Å². The molecule has 2 rings (SSSR count). The molecule has 6 heteroatoms. The van der Waals surface area contributed by atoms with Crippen molar-refractivity contribution in [3.8, 4) is 0 Å². The summed E-state index contributed by atoms with van der Waals surface area (Å²) >= 11 is 6.43. The molecule has 1 heterocycles. The molecule has 1 N–H and O–H groups in total. The molecule has 1 aromatic carbocycles. The van der Waals surface area contributed by atoms with Crippen molar-refractivity contribution in [2.75, 3.05) is 5.32 Å². The van der Waals surface area contributed by atoms with E-state index < -0.39 is 0 Å². The smallest absolute Gasteiger partial charge is 0.139 e. The van der Waals surface area contributed by atoms with Crippen LogP contribution in [0.25, 0.3) is 0 Å². The Hall–Kier alpha value is -1.01. The van der Waals surface area contributed by atoms with E-state index >= 15 is 0 Å². The summed E-state index contributed by atoms with van der Waals surface area (Å²) in [5.74, 6) is 1.05. The van der Waals surface area contributed by atoms with Gasteiger partial charge in [-0.1, -0.05) is 6.92 Å². The molecule has 0 aliphatic rings. The predicted molar refractivity (Wildman–Crippen MR) is 76.5 cm³/mol. The van der Waals surface area contributed by atoms with E-state index in [0.717, 1.165) is 12.2 Å². The number of halogens is 3. The van der Waals surface area contributed by atoms with Crippen molar-refractivity contribution in [2.45, 2.75) is 13.3 Å². The van der Waals surface area contributed by atoms with E-state index in [1.165, 1.54) is 6.07 Å². The normalized spacial score (nSPS) is 10.4.